The van der Waals surface area contributed by atoms with Crippen LogP contribution in [0.4, 0.5) is 5.69 Å². The Hall–Kier alpha value is -3.36. The minimum Gasteiger partial charge on any atom is -0.352 e. The molecule has 1 aliphatic rings. The molecule has 1 unspecified atom stereocenters. The fraction of sp³-hybridized carbons (Fsp3) is 0.394. The largest absolute Gasteiger partial charge is 0.352 e. The van der Waals surface area contributed by atoms with Crippen LogP contribution in [-0.4, -0.2) is 50.0 Å². The number of amides is 2. The zero-order chi connectivity index (χ0) is 30.3. The summed E-state index contributed by atoms with van der Waals surface area (Å²) in [5, 5.41) is 3.72. The molecule has 3 aromatic rings. The molecule has 7 nitrogen and oxygen atoms in total. The predicted molar refractivity (Wildman–Crippen MR) is 169 cm³/mol. The Kier molecular flexibility index (Phi) is 10.7. The van der Waals surface area contributed by atoms with Crippen molar-refractivity contribution in [3.8, 4) is 0 Å². The molecule has 4 rings (SSSR count). The van der Waals surface area contributed by atoms with Gasteiger partial charge in [-0.25, -0.2) is 8.42 Å². The SMILES string of the molecule is Cc1ccc(N(CC(=O)N(Cc2cccc(Cl)c2)C(Cc2ccccc2)C(=O)NC2CCCCC2)S(C)(=O)=O)c(C)c1. The van der Waals surface area contributed by atoms with Crippen molar-refractivity contribution in [2.45, 2.75) is 71.0 Å². The Morgan fingerprint density at radius 2 is 1.62 bits per heavy atom. The Bertz CT molecular complexity index is 1490. The molecule has 0 aromatic heterocycles. The van der Waals surface area contributed by atoms with Crippen LogP contribution in [0.3, 0.4) is 0 Å². The molecule has 1 saturated carbocycles. The number of rotatable bonds is 11. The quantitative estimate of drug-likeness (QED) is 0.297. The van der Waals surface area contributed by atoms with E-state index >= 15 is 0 Å². The van der Waals surface area contributed by atoms with Gasteiger partial charge < -0.3 is 10.2 Å². The van der Waals surface area contributed by atoms with Crippen LogP contribution in [0.25, 0.3) is 0 Å². The molecule has 224 valence electrons. The van der Waals surface area contributed by atoms with Crippen LogP contribution < -0.4 is 9.62 Å². The van der Waals surface area contributed by atoms with Gasteiger partial charge in [0.2, 0.25) is 21.8 Å². The summed E-state index contributed by atoms with van der Waals surface area (Å²) >= 11 is 6.29. The maximum Gasteiger partial charge on any atom is 0.244 e. The topological polar surface area (TPSA) is 86.8 Å². The van der Waals surface area contributed by atoms with Crippen molar-refractivity contribution in [2.75, 3.05) is 17.1 Å². The van der Waals surface area contributed by atoms with E-state index in [1.807, 2.05) is 62.4 Å². The normalized spacial score (nSPS) is 14.7. The molecule has 0 radical (unpaired) electrons. The zero-order valence-corrected chi connectivity index (χ0v) is 26.1. The minimum atomic E-state index is -3.82. The predicted octanol–water partition coefficient (Wildman–Crippen LogP) is 5.81. The first-order valence-electron chi connectivity index (χ1n) is 14.4. The Morgan fingerprint density at radius 3 is 2.26 bits per heavy atom. The second kappa shape index (κ2) is 14.2. The molecule has 1 N–H and O–H groups in total. The standard InChI is InChI=1S/C33H40ClN3O4S/c1-24-17-18-30(25(2)19-24)37(42(3,40)41)23-32(38)36(22-27-13-10-14-28(34)20-27)31(21-26-11-6-4-7-12-26)33(39)35-29-15-8-5-9-16-29/h4,6-7,10-14,17-20,29,31H,5,8-9,15-16,21-23H2,1-3H3,(H,35,39). The van der Waals surface area contributed by atoms with Gasteiger partial charge in [0.15, 0.2) is 0 Å². The van der Waals surface area contributed by atoms with E-state index in [9.17, 15) is 18.0 Å². The summed E-state index contributed by atoms with van der Waals surface area (Å²) in [5.41, 5.74) is 3.81. The van der Waals surface area contributed by atoms with Gasteiger partial charge >= 0.3 is 0 Å². The highest BCUT2D eigenvalue weighted by Crippen LogP contribution is 2.25. The molecule has 2 amide bonds. The highest BCUT2D eigenvalue weighted by Gasteiger charge is 2.34. The van der Waals surface area contributed by atoms with Gasteiger partial charge in [-0.2, -0.15) is 0 Å². The lowest BCUT2D eigenvalue weighted by atomic mass is 9.94. The van der Waals surface area contributed by atoms with Crippen molar-refractivity contribution in [3.63, 3.8) is 0 Å². The Balaban J connectivity index is 1.74. The third kappa shape index (κ3) is 8.58. The van der Waals surface area contributed by atoms with Crippen molar-refractivity contribution in [2.24, 2.45) is 0 Å². The summed E-state index contributed by atoms with van der Waals surface area (Å²) in [6.07, 6.45) is 6.45. The second-order valence-electron chi connectivity index (χ2n) is 11.3. The maximum atomic E-state index is 14.3. The smallest absolute Gasteiger partial charge is 0.244 e. The third-order valence-corrected chi connectivity index (χ3v) is 9.13. The molecule has 0 spiro atoms. The number of anilines is 1. The molecule has 0 bridgehead atoms. The summed E-state index contributed by atoms with van der Waals surface area (Å²) in [6.45, 7) is 3.41. The Labute approximate surface area is 254 Å². The highest BCUT2D eigenvalue weighted by atomic mass is 35.5. The van der Waals surface area contributed by atoms with Gasteiger partial charge in [-0.05, 0) is 61.6 Å². The van der Waals surface area contributed by atoms with E-state index in [0.717, 1.165) is 64.9 Å². The summed E-state index contributed by atoms with van der Waals surface area (Å²) in [6, 6.07) is 21.4. The average Bonchev–Trinajstić information content (AvgIpc) is 2.94. The van der Waals surface area contributed by atoms with Crippen LogP contribution in [0.1, 0.15) is 54.4 Å². The van der Waals surface area contributed by atoms with Gasteiger partial charge in [-0.15, -0.1) is 0 Å². The first kappa shape index (κ1) is 31.6. The van der Waals surface area contributed by atoms with Crippen LogP contribution in [-0.2, 0) is 32.6 Å². The van der Waals surface area contributed by atoms with Gasteiger partial charge in [-0.1, -0.05) is 91.0 Å². The summed E-state index contributed by atoms with van der Waals surface area (Å²) < 4.78 is 27.2. The number of nitrogens with one attached hydrogen (secondary N) is 1. The molecule has 1 atom stereocenters. The molecular formula is C33H40ClN3O4S. The van der Waals surface area contributed by atoms with E-state index in [4.69, 9.17) is 11.6 Å². The fourth-order valence-electron chi connectivity index (χ4n) is 5.61. The fourth-order valence-corrected chi connectivity index (χ4v) is 6.73. The van der Waals surface area contributed by atoms with Gasteiger partial charge in [0.1, 0.15) is 12.6 Å². The summed E-state index contributed by atoms with van der Waals surface area (Å²) in [4.78, 5) is 29.8. The monoisotopic (exact) mass is 609 g/mol. The molecule has 0 saturated heterocycles. The van der Waals surface area contributed by atoms with Crippen LogP contribution in [0.2, 0.25) is 5.02 Å². The van der Waals surface area contributed by atoms with Gasteiger partial charge in [0.25, 0.3) is 0 Å². The van der Waals surface area contributed by atoms with Crippen LogP contribution in [0, 0.1) is 13.8 Å². The van der Waals surface area contributed by atoms with Gasteiger partial charge in [0, 0.05) is 24.0 Å². The van der Waals surface area contributed by atoms with E-state index in [1.165, 1.54) is 4.90 Å². The number of carbonyl (C=O) groups excluding carboxylic acids is 2. The average molecular weight is 610 g/mol. The first-order chi connectivity index (χ1) is 20.0. The molecule has 42 heavy (non-hydrogen) atoms. The van der Waals surface area contributed by atoms with Crippen molar-refractivity contribution >= 4 is 39.1 Å². The second-order valence-corrected chi connectivity index (χ2v) is 13.6. The van der Waals surface area contributed by atoms with E-state index in [1.54, 1.807) is 24.3 Å². The van der Waals surface area contributed by atoms with Crippen LogP contribution >= 0.6 is 11.6 Å². The number of aryl methyl sites for hydroxylation is 2. The van der Waals surface area contributed by atoms with Crippen LogP contribution in [0.5, 0.6) is 0 Å². The maximum absolute atomic E-state index is 14.3. The van der Waals surface area contributed by atoms with E-state index in [2.05, 4.69) is 5.32 Å². The number of hydrogen-bond donors (Lipinski definition) is 1. The number of sulfonamides is 1. The Morgan fingerprint density at radius 1 is 0.929 bits per heavy atom. The summed E-state index contributed by atoms with van der Waals surface area (Å²) in [5.74, 6) is -0.710. The number of halogens is 1. The molecule has 1 aliphatic carbocycles. The minimum absolute atomic E-state index is 0.0513. The van der Waals surface area contributed by atoms with E-state index in [-0.39, 0.29) is 24.9 Å². The third-order valence-electron chi connectivity index (χ3n) is 7.76. The van der Waals surface area contributed by atoms with E-state index in [0.29, 0.717) is 10.7 Å². The van der Waals surface area contributed by atoms with Gasteiger partial charge in [-0.3, -0.25) is 13.9 Å². The van der Waals surface area contributed by atoms with Crippen molar-refractivity contribution in [1.82, 2.24) is 10.2 Å². The van der Waals surface area contributed by atoms with Crippen molar-refractivity contribution < 1.29 is 18.0 Å². The van der Waals surface area contributed by atoms with Crippen LogP contribution in [0.15, 0.2) is 72.8 Å². The molecule has 1 fully saturated rings. The zero-order valence-electron chi connectivity index (χ0n) is 24.6. The molecule has 9 heteroatoms. The van der Waals surface area contributed by atoms with Crippen molar-refractivity contribution in [3.05, 3.63) is 100 Å². The lowest BCUT2D eigenvalue weighted by Gasteiger charge is -2.35. The lowest BCUT2D eigenvalue weighted by molar-refractivity contribution is -0.140. The lowest BCUT2D eigenvalue weighted by Crippen LogP contribution is -2.55. The number of hydrogen-bond acceptors (Lipinski definition) is 4. The number of nitrogens with zero attached hydrogens (tertiary/aromatic N) is 2. The van der Waals surface area contributed by atoms with Crippen molar-refractivity contribution in [1.29, 1.82) is 0 Å². The molecule has 0 aliphatic heterocycles. The summed E-state index contributed by atoms with van der Waals surface area (Å²) in [7, 11) is -3.82. The number of benzene rings is 3. The molecular weight excluding hydrogens is 570 g/mol. The first-order valence-corrected chi connectivity index (χ1v) is 16.7. The highest BCUT2D eigenvalue weighted by molar-refractivity contribution is 7.92. The van der Waals surface area contributed by atoms with E-state index < -0.39 is 28.5 Å². The molecule has 3 aromatic carbocycles. The van der Waals surface area contributed by atoms with Gasteiger partial charge in [0.05, 0.1) is 11.9 Å². The molecule has 0 heterocycles. The number of carbonyl (C=O) groups is 2.